The third-order valence-corrected chi connectivity index (χ3v) is 4.20. The summed E-state index contributed by atoms with van der Waals surface area (Å²) in [5.41, 5.74) is -1.38. The van der Waals surface area contributed by atoms with Crippen molar-refractivity contribution < 1.29 is 32.5 Å². The van der Waals surface area contributed by atoms with E-state index >= 15 is 0 Å². The van der Waals surface area contributed by atoms with E-state index in [1.54, 1.807) is 6.92 Å². The number of alkyl halides is 3. The predicted octanol–water partition coefficient (Wildman–Crippen LogP) is 3.88. The summed E-state index contributed by atoms with van der Waals surface area (Å²) in [6, 6.07) is 3.93. The van der Waals surface area contributed by atoms with Crippen molar-refractivity contribution in [1.82, 2.24) is 0 Å². The Kier molecular flexibility index (Phi) is 6.80. The molecule has 24 heavy (non-hydrogen) atoms. The van der Waals surface area contributed by atoms with Crippen LogP contribution in [0.5, 0.6) is 0 Å². The molecular formula is C17H23F3O4. The smallest absolute Gasteiger partial charge is 0.416 e. The maximum absolute atomic E-state index is 12.6. The maximum atomic E-state index is 12.6. The van der Waals surface area contributed by atoms with Gasteiger partial charge in [-0.05, 0) is 37.5 Å². The minimum absolute atomic E-state index is 0.140. The quantitative estimate of drug-likeness (QED) is 0.760. The third kappa shape index (κ3) is 4.95. The van der Waals surface area contributed by atoms with Gasteiger partial charge in [0.25, 0.3) is 0 Å². The first-order valence-corrected chi connectivity index (χ1v) is 7.68. The Morgan fingerprint density at radius 2 is 1.67 bits per heavy atom. The molecule has 0 unspecified atom stereocenters. The van der Waals surface area contributed by atoms with Gasteiger partial charge in [0.15, 0.2) is 6.10 Å². The molecule has 7 heteroatoms. The topological polar surface area (TPSA) is 55.8 Å². The molecule has 0 bridgehead atoms. The Morgan fingerprint density at radius 3 is 2.04 bits per heavy atom. The van der Waals surface area contributed by atoms with Crippen molar-refractivity contribution in [3.05, 3.63) is 35.4 Å². The van der Waals surface area contributed by atoms with Gasteiger partial charge in [0.2, 0.25) is 0 Å². The van der Waals surface area contributed by atoms with E-state index in [-0.39, 0.29) is 5.56 Å². The number of halogens is 3. The van der Waals surface area contributed by atoms with E-state index in [4.69, 9.17) is 9.47 Å². The number of benzene rings is 1. The molecule has 0 amide bonds. The molecule has 136 valence electrons. The molecule has 0 aliphatic carbocycles. The van der Waals surface area contributed by atoms with Crippen LogP contribution in [-0.4, -0.2) is 29.9 Å². The summed E-state index contributed by atoms with van der Waals surface area (Å²) in [6.45, 7) is 5.50. The first-order chi connectivity index (χ1) is 11.1. The van der Waals surface area contributed by atoms with Gasteiger partial charge in [-0.3, -0.25) is 0 Å². The van der Waals surface area contributed by atoms with E-state index in [9.17, 15) is 23.1 Å². The molecule has 0 saturated heterocycles. The summed E-state index contributed by atoms with van der Waals surface area (Å²) >= 11 is 0. The number of aliphatic hydroxyl groups is 1. The molecule has 1 rings (SSSR count). The lowest BCUT2D eigenvalue weighted by molar-refractivity contribution is -0.177. The Hall–Kier alpha value is -1.60. The second-order valence-corrected chi connectivity index (χ2v) is 5.80. The second kappa shape index (κ2) is 7.98. The van der Waals surface area contributed by atoms with Gasteiger partial charge in [-0.25, -0.2) is 4.79 Å². The summed E-state index contributed by atoms with van der Waals surface area (Å²) in [7, 11) is 1.23. The van der Waals surface area contributed by atoms with Gasteiger partial charge in [0.1, 0.15) is 11.7 Å². The van der Waals surface area contributed by atoms with Crippen molar-refractivity contribution in [3.63, 3.8) is 0 Å². The lowest BCUT2D eigenvalue weighted by Crippen LogP contribution is -2.39. The van der Waals surface area contributed by atoms with Gasteiger partial charge >= 0.3 is 12.1 Å². The minimum Gasteiger partial charge on any atom is -0.457 e. The SMILES string of the molecule is CCC(C)(CC)OC(=O)[C@@H](OC)[C@@H](O)c1ccc(C(F)(F)F)cc1. The van der Waals surface area contributed by atoms with Gasteiger partial charge in [-0.1, -0.05) is 26.0 Å². The molecular weight excluding hydrogens is 325 g/mol. The number of carbonyl (C=O) groups excluding carboxylic acids is 1. The van der Waals surface area contributed by atoms with Crippen LogP contribution in [-0.2, 0) is 20.4 Å². The number of methoxy groups -OCH3 is 1. The molecule has 0 aliphatic heterocycles. The Morgan fingerprint density at radius 1 is 1.17 bits per heavy atom. The van der Waals surface area contributed by atoms with Crippen molar-refractivity contribution in [2.45, 2.75) is 57.6 Å². The minimum atomic E-state index is -4.47. The number of rotatable bonds is 7. The summed E-state index contributed by atoms with van der Waals surface area (Å²) in [5.74, 6) is -0.754. The molecule has 4 nitrogen and oxygen atoms in total. The van der Waals surface area contributed by atoms with Crippen LogP contribution >= 0.6 is 0 Å². The molecule has 1 N–H and O–H groups in total. The first kappa shape index (κ1) is 20.4. The maximum Gasteiger partial charge on any atom is 0.416 e. The van der Waals surface area contributed by atoms with Gasteiger partial charge in [0, 0.05) is 7.11 Å². The molecule has 2 atom stereocenters. The Balaban J connectivity index is 2.93. The highest BCUT2D eigenvalue weighted by Crippen LogP contribution is 2.31. The van der Waals surface area contributed by atoms with E-state index in [2.05, 4.69) is 0 Å². The van der Waals surface area contributed by atoms with Crippen molar-refractivity contribution in [2.24, 2.45) is 0 Å². The Bertz CT molecular complexity index is 536. The summed E-state index contributed by atoms with van der Waals surface area (Å²) < 4.78 is 48.1. The van der Waals surface area contributed by atoms with Crippen molar-refractivity contribution in [3.8, 4) is 0 Å². The van der Waals surface area contributed by atoms with Crippen molar-refractivity contribution in [1.29, 1.82) is 0 Å². The van der Waals surface area contributed by atoms with Crippen molar-refractivity contribution >= 4 is 5.97 Å². The fourth-order valence-electron chi connectivity index (χ4n) is 2.09. The largest absolute Gasteiger partial charge is 0.457 e. The number of esters is 1. The van der Waals surface area contributed by atoms with Gasteiger partial charge < -0.3 is 14.6 Å². The average molecular weight is 348 g/mol. The monoisotopic (exact) mass is 348 g/mol. The zero-order valence-electron chi connectivity index (χ0n) is 14.2. The molecule has 0 aromatic heterocycles. The highest BCUT2D eigenvalue weighted by atomic mass is 19.4. The van der Waals surface area contributed by atoms with Crippen LogP contribution in [0.3, 0.4) is 0 Å². The fraction of sp³-hybridized carbons (Fsp3) is 0.588. The Labute approximate surface area is 139 Å². The third-order valence-electron chi connectivity index (χ3n) is 4.20. The second-order valence-electron chi connectivity index (χ2n) is 5.80. The molecule has 0 spiro atoms. The zero-order valence-corrected chi connectivity index (χ0v) is 14.2. The van der Waals surface area contributed by atoms with E-state index in [0.29, 0.717) is 12.8 Å². The van der Waals surface area contributed by atoms with E-state index in [0.717, 1.165) is 24.3 Å². The van der Waals surface area contributed by atoms with E-state index < -0.39 is 35.5 Å². The van der Waals surface area contributed by atoms with Crippen LogP contribution in [0.4, 0.5) is 13.2 Å². The van der Waals surface area contributed by atoms with Crippen LogP contribution in [0, 0.1) is 0 Å². The van der Waals surface area contributed by atoms with Crippen molar-refractivity contribution in [2.75, 3.05) is 7.11 Å². The zero-order chi connectivity index (χ0) is 18.5. The molecule has 0 saturated carbocycles. The van der Waals surface area contributed by atoms with E-state index in [1.165, 1.54) is 7.11 Å². The summed E-state index contributed by atoms with van der Waals surface area (Å²) in [6.07, 6.45) is -6.04. The van der Waals surface area contributed by atoms with Crippen LogP contribution in [0.15, 0.2) is 24.3 Å². The van der Waals surface area contributed by atoms with E-state index in [1.807, 2.05) is 13.8 Å². The summed E-state index contributed by atoms with van der Waals surface area (Å²) in [4.78, 5) is 12.3. The molecule has 0 heterocycles. The number of hydrogen-bond acceptors (Lipinski definition) is 4. The first-order valence-electron chi connectivity index (χ1n) is 7.68. The molecule has 0 radical (unpaired) electrons. The number of ether oxygens (including phenoxy) is 2. The number of hydrogen-bond donors (Lipinski definition) is 1. The number of aliphatic hydroxyl groups excluding tert-OH is 1. The standard InChI is InChI=1S/C17H23F3O4/c1-5-16(3,6-2)24-15(22)14(23-4)13(21)11-7-9-12(10-8-11)17(18,19)20/h7-10,13-14,21H,5-6H2,1-4H3/t13-,14-/m0/s1. The lowest BCUT2D eigenvalue weighted by atomic mass is 9.99. The molecule has 0 aliphatic rings. The van der Waals surface area contributed by atoms with Gasteiger partial charge in [-0.2, -0.15) is 13.2 Å². The van der Waals surface area contributed by atoms with Crippen LogP contribution in [0.2, 0.25) is 0 Å². The van der Waals surface area contributed by atoms with Gasteiger partial charge in [0.05, 0.1) is 5.56 Å². The molecule has 1 aromatic rings. The van der Waals surface area contributed by atoms with Crippen LogP contribution in [0.25, 0.3) is 0 Å². The van der Waals surface area contributed by atoms with Crippen LogP contribution in [0.1, 0.15) is 50.8 Å². The summed E-state index contributed by atoms with van der Waals surface area (Å²) in [5, 5.41) is 10.3. The van der Waals surface area contributed by atoms with Crippen LogP contribution < -0.4 is 0 Å². The normalized spacial score (nSPS) is 15.0. The van der Waals surface area contributed by atoms with Gasteiger partial charge in [-0.15, -0.1) is 0 Å². The highest BCUT2D eigenvalue weighted by Gasteiger charge is 2.35. The average Bonchev–Trinajstić information content (AvgIpc) is 2.54. The predicted molar refractivity (Wildman–Crippen MR) is 82.3 cm³/mol. The highest BCUT2D eigenvalue weighted by molar-refractivity contribution is 5.76. The fourth-order valence-corrected chi connectivity index (χ4v) is 2.09. The molecule has 0 fully saturated rings. The molecule has 1 aromatic carbocycles. The lowest BCUT2D eigenvalue weighted by Gasteiger charge is -2.30. The number of carbonyl (C=O) groups is 1.